The van der Waals surface area contributed by atoms with Gasteiger partial charge in [-0.25, -0.2) is 0 Å². The van der Waals surface area contributed by atoms with Crippen molar-refractivity contribution in [3.63, 3.8) is 0 Å². The topological polar surface area (TPSA) is 0 Å². The van der Waals surface area contributed by atoms with Gasteiger partial charge in [0.05, 0.1) is 0 Å². The quantitative estimate of drug-likeness (QED) is 0.634. The molecule has 72 valence electrons. The highest BCUT2D eigenvalue weighted by molar-refractivity contribution is 9.09. The zero-order valence-electron chi connectivity index (χ0n) is 8.35. The Hall–Kier alpha value is 0.480. The second-order valence-electron chi connectivity index (χ2n) is 4.25. The second kappa shape index (κ2) is 5.26. The first kappa shape index (κ1) is 10.6. The molecule has 0 aromatic heterocycles. The lowest BCUT2D eigenvalue weighted by atomic mass is 9.79. The van der Waals surface area contributed by atoms with Crippen molar-refractivity contribution in [3.05, 3.63) is 0 Å². The van der Waals surface area contributed by atoms with E-state index in [1.807, 2.05) is 0 Å². The summed E-state index contributed by atoms with van der Waals surface area (Å²) in [5, 5.41) is 0. The summed E-state index contributed by atoms with van der Waals surface area (Å²) in [6.07, 6.45) is 8.71. The lowest BCUT2D eigenvalue weighted by Gasteiger charge is -2.29. The Morgan fingerprint density at radius 2 is 1.83 bits per heavy atom. The maximum atomic E-state index is 3.69. The molecule has 12 heavy (non-hydrogen) atoms. The van der Waals surface area contributed by atoms with Crippen LogP contribution >= 0.6 is 15.9 Å². The van der Waals surface area contributed by atoms with E-state index in [4.69, 9.17) is 0 Å². The van der Waals surface area contributed by atoms with E-state index >= 15 is 0 Å². The maximum absolute atomic E-state index is 3.69. The summed E-state index contributed by atoms with van der Waals surface area (Å²) in [6.45, 7) is 4.60. The van der Waals surface area contributed by atoms with Crippen LogP contribution in [0.4, 0.5) is 0 Å². The van der Waals surface area contributed by atoms with E-state index in [1.54, 1.807) is 0 Å². The van der Waals surface area contributed by atoms with Gasteiger partial charge in [-0.1, -0.05) is 55.5 Å². The number of hydrogen-bond acceptors (Lipinski definition) is 0. The second-order valence-corrected chi connectivity index (χ2v) is 5.69. The Bertz CT molecular complexity index is 112. The van der Waals surface area contributed by atoms with Crippen LogP contribution in [0.3, 0.4) is 0 Å². The molecule has 1 rings (SSSR count). The van der Waals surface area contributed by atoms with E-state index in [0.29, 0.717) is 0 Å². The first-order valence-corrected chi connectivity index (χ1v) is 6.29. The Balaban J connectivity index is 2.20. The minimum absolute atomic E-state index is 0.736. The van der Waals surface area contributed by atoms with Gasteiger partial charge in [0.2, 0.25) is 0 Å². The molecule has 1 saturated carbocycles. The molecule has 0 aromatic carbocycles. The van der Waals surface area contributed by atoms with Crippen LogP contribution < -0.4 is 0 Å². The first-order chi connectivity index (χ1) is 5.74. The smallest absolute Gasteiger partial charge is 0.0145 e. The molecule has 0 amide bonds. The van der Waals surface area contributed by atoms with Crippen LogP contribution in [-0.2, 0) is 0 Å². The fraction of sp³-hybridized carbons (Fsp3) is 1.00. The van der Waals surface area contributed by atoms with Crippen molar-refractivity contribution in [2.45, 2.75) is 57.2 Å². The van der Waals surface area contributed by atoms with Crippen LogP contribution in [-0.4, -0.2) is 4.83 Å². The van der Waals surface area contributed by atoms with Gasteiger partial charge in [0.1, 0.15) is 0 Å². The first-order valence-electron chi connectivity index (χ1n) is 5.38. The predicted molar refractivity (Wildman–Crippen MR) is 58.7 cm³/mol. The Morgan fingerprint density at radius 3 is 2.25 bits per heavy atom. The Morgan fingerprint density at radius 1 is 1.25 bits per heavy atom. The maximum Gasteiger partial charge on any atom is 0.0145 e. The van der Waals surface area contributed by atoms with Crippen molar-refractivity contribution >= 4 is 15.9 Å². The highest BCUT2D eigenvalue weighted by atomic mass is 79.9. The predicted octanol–water partition coefficient (Wildman–Crippen LogP) is 4.38. The summed E-state index contributed by atoms with van der Waals surface area (Å²) in [7, 11) is 0. The van der Waals surface area contributed by atoms with E-state index in [0.717, 1.165) is 16.7 Å². The van der Waals surface area contributed by atoms with E-state index < -0.39 is 0 Å². The van der Waals surface area contributed by atoms with Crippen molar-refractivity contribution < 1.29 is 0 Å². The molecule has 0 bridgehead atoms. The fourth-order valence-corrected chi connectivity index (χ4v) is 2.87. The molecule has 0 N–H and O–H groups in total. The minimum atomic E-state index is 0.736. The van der Waals surface area contributed by atoms with Gasteiger partial charge in [0.15, 0.2) is 0 Å². The van der Waals surface area contributed by atoms with Gasteiger partial charge in [-0.15, -0.1) is 0 Å². The summed E-state index contributed by atoms with van der Waals surface area (Å²) < 4.78 is 0. The fourth-order valence-electron chi connectivity index (χ4n) is 2.34. The molecule has 0 aliphatic heterocycles. The number of hydrogen-bond donors (Lipinski definition) is 0. The largest absolute Gasteiger partial charge is 0.0891 e. The average molecular weight is 233 g/mol. The third-order valence-corrected chi connectivity index (χ3v) is 3.99. The van der Waals surface area contributed by atoms with E-state index in [-0.39, 0.29) is 0 Å². The zero-order chi connectivity index (χ0) is 8.97. The molecule has 0 radical (unpaired) electrons. The van der Waals surface area contributed by atoms with Crippen LogP contribution in [0.5, 0.6) is 0 Å². The van der Waals surface area contributed by atoms with Gasteiger partial charge in [0.25, 0.3) is 0 Å². The monoisotopic (exact) mass is 232 g/mol. The third-order valence-electron chi connectivity index (χ3n) is 3.24. The molecule has 0 spiro atoms. The third kappa shape index (κ3) is 3.08. The highest BCUT2D eigenvalue weighted by Gasteiger charge is 2.22. The number of halogens is 1. The Labute approximate surface area is 85.3 Å². The Kier molecular flexibility index (Phi) is 4.63. The van der Waals surface area contributed by atoms with Gasteiger partial charge >= 0.3 is 0 Å². The molecule has 0 aromatic rings. The SMILES string of the molecule is CCCC1CCC(C(C)Br)CC1. The van der Waals surface area contributed by atoms with Crippen molar-refractivity contribution in [2.24, 2.45) is 11.8 Å². The summed E-state index contributed by atoms with van der Waals surface area (Å²) in [4.78, 5) is 0.736. The van der Waals surface area contributed by atoms with Gasteiger partial charge in [-0.05, 0) is 24.7 Å². The molecule has 1 fully saturated rings. The molecule has 1 atom stereocenters. The standard InChI is InChI=1S/C11H21Br/c1-3-4-10-5-7-11(8-6-10)9(2)12/h9-11H,3-8H2,1-2H3. The zero-order valence-corrected chi connectivity index (χ0v) is 9.94. The van der Waals surface area contributed by atoms with Gasteiger partial charge in [0, 0.05) is 4.83 Å². The van der Waals surface area contributed by atoms with E-state index in [2.05, 4.69) is 29.8 Å². The molecule has 0 heterocycles. The molecule has 1 unspecified atom stereocenters. The normalized spacial score (nSPS) is 33.2. The lowest BCUT2D eigenvalue weighted by Crippen LogP contribution is -2.19. The van der Waals surface area contributed by atoms with Crippen LogP contribution in [0, 0.1) is 11.8 Å². The number of rotatable bonds is 3. The van der Waals surface area contributed by atoms with Crippen molar-refractivity contribution in [2.75, 3.05) is 0 Å². The molecule has 0 saturated heterocycles. The van der Waals surface area contributed by atoms with E-state index in [1.165, 1.54) is 38.5 Å². The van der Waals surface area contributed by atoms with Gasteiger partial charge in [-0.2, -0.15) is 0 Å². The van der Waals surface area contributed by atoms with Crippen LogP contribution in [0.1, 0.15) is 52.4 Å². The molecule has 1 heteroatoms. The van der Waals surface area contributed by atoms with Gasteiger partial charge in [-0.3, -0.25) is 0 Å². The molecular formula is C11H21Br. The average Bonchev–Trinajstić information content (AvgIpc) is 2.06. The molecule has 1 aliphatic rings. The summed E-state index contributed by atoms with van der Waals surface area (Å²) in [5.41, 5.74) is 0. The summed E-state index contributed by atoms with van der Waals surface area (Å²) in [5.74, 6) is 2.01. The molecular weight excluding hydrogens is 212 g/mol. The molecule has 0 nitrogen and oxygen atoms in total. The van der Waals surface area contributed by atoms with Crippen molar-refractivity contribution in [3.8, 4) is 0 Å². The lowest BCUT2D eigenvalue weighted by molar-refractivity contribution is 0.263. The van der Waals surface area contributed by atoms with Crippen LogP contribution in [0.15, 0.2) is 0 Å². The van der Waals surface area contributed by atoms with Crippen molar-refractivity contribution in [1.82, 2.24) is 0 Å². The van der Waals surface area contributed by atoms with Gasteiger partial charge < -0.3 is 0 Å². The van der Waals surface area contributed by atoms with Crippen LogP contribution in [0.25, 0.3) is 0 Å². The van der Waals surface area contributed by atoms with Crippen LogP contribution in [0.2, 0.25) is 0 Å². The van der Waals surface area contributed by atoms with Crippen molar-refractivity contribution in [1.29, 1.82) is 0 Å². The summed E-state index contributed by atoms with van der Waals surface area (Å²) in [6, 6.07) is 0. The van der Waals surface area contributed by atoms with E-state index in [9.17, 15) is 0 Å². The minimum Gasteiger partial charge on any atom is -0.0891 e. The number of alkyl halides is 1. The highest BCUT2D eigenvalue weighted by Crippen LogP contribution is 2.35. The summed E-state index contributed by atoms with van der Waals surface area (Å²) >= 11 is 3.69. The molecule has 1 aliphatic carbocycles.